The smallest absolute Gasteiger partial charge is 0.295 e. The molecule has 1 aromatic heterocycles. The highest BCUT2D eigenvalue weighted by Gasteiger charge is 2.17. The lowest BCUT2D eigenvalue weighted by atomic mass is 10.4. The molecule has 2 aromatic rings. The summed E-state index contributed by atoms with van der Waals surface area (Å²) < 4.78 is 14.4. The van der Waals surface area contributed by atoms with Crippen molar-refractivity contribution in [3.63, 3.8) is 0 Å². The van der Waals surface area contributed by atoms with Crippen molar-refractivity contribution in [3.05, 3.63) is 60.2 Å². The Kier molecular flexibility index (Phi) is 4.77. The summed E-state index contributed by atoms with van der Waals surface area (Å²) in [4.78, 5) is 11.4. The van der Waals surface area contributed by atoms with Crippen LogP contribution in [0.1, 0.15) is 5.76 Å². The molecule has 1 aliphatic rings. The van der Waals surface area contributed by atoms with Gasteiger partial charge < -0.3 is 19.3 Å². The third-order valence-electron chi connectivity index (χ3n) is 2.23. The van der Waals surface area contributed by atoms with Crippen LogP contribution in [0.25, 0.3) is 0 Å². The summed E-state index contributed by atoms with van der Waals surface area (Å²) in [5.41, 5.74) is 0. The van der Waals surface area contributed by atoms with Crippen LogP contribution in [0, 0.1) is 6.92 Å². The van der Waals surface area contributed by atoms with Crippen molar-refractivity contribution in [2.45, 2.75) is 6.92 Å². The molecule has 2 heterocycles. The molecular formula is C14H14N2O4. The van der Waals surface area contributed by atoms with E-state index < -0.39 is 5.91 Å². The summed E-state index contributed by atoms with van der Waals surface area (Å²) in [6.07, 6.45) is 1.25. The molecule has 6 nitrogen and oxygen atoms in total. The van der Waals surface area contributed by atoms with Crippen LogP contribution in [0.3, 0.4) is 0 Å². The van der Waals surface area contributed by atoms with Gasteiger partial charge >= 0.3 is 0 Å². The third-order valence-corrected chi connectivity index (χ3v) is 2.23. The van der Waals surface area contributed by atoms with Crippen molar-refractivity contribution < 1.29 is 18.8 Å². The largest absolute Gasteiger partial charge is 0.461 e. The molecule has 0 atom stereocenters. The lowest BCUT2D eigenvalue weighted by Crippen LogP contribution is -2.14. The highest BCUT2D eigenvalue weighted by Crippen LogP contribution is 2.11. The first kappa shape index (κ1) is 13.7. The molecule has 1 aliphatic heterocycles. The molecule has 0 bridgehead atoms. The standard InChI is InChI=1S/C8H8N2O4.C6H6/c1-5-2-7(10-14-5)9-8(11)6-3-12-4-13-6;1-2-4-6-5-3-1/h2-3H,4H2,1H3,(H,9,10,11);1-6H. The number of hydrogen-bond acceptors (Lipinski definition) is 5. The van der Waals surface area contributed by atoms with E-state index in [2.05, 4.69) is 10.5 Å². The Labute approximate surface area is 116 Å². The molecule has 0 saturated carbocycles. The number of ether oxygens (including phenoxy) is 2. The zero-order valence-corrected chi connectivity index (χ0v) is 10.9. The van der Waals surface area contributed by atoms with Crippen molar-refractivity contribution in [2.75, 3.05) is 12.1 Å². The van der Waals surface area contributed by atoms with Crippen LogP contribution < -0.4 is 5.32 Å². The Morgan fingerprint density at radius 3 is 2.30 bits per heavy atom. The van der Waals surface area contributed by atoms with E-state index in [1.165, 1.54) is 6.26 Å². The van der Waals surface area contributed by atoms with Crippen LogP contribution in [-0.4, -0.2) is 17.9 Å². The van der Waals surface area contributed by atoms with Gasteiger partial charge in [-0.2, -0.15) is 0 Å². The van der Waals surface area contributed by atoms with Gasteiger partial charge in [-0.25, -0.2) is 0 Å². The van der Waals surface area contributed by atoms with Gasteiger partial charge in [0.15, 0.2) is 5.82 Å². The Morgan fingerprint density at radius 2 is 1.85 bits per heavy atom. The number of benzene rings is 1. The minimum atomic E-state index is -0.407. The molecule has 3 rings (SSSR count). The predicted octanol–water partition coefficient (Wildman–Crippen LogP) is 2.45. The normalized spacial score (nSPS) is 12.3. The maximum atomic E-state index is 11.4. The maximum absolute atomic E-state index is 11.4. The minimum absolute atomic E-state index is 0.0700. The number of carbonyl (C=O) groups is 1. The van der Waals surface area contributed by atoms with Gasteiger partial charge in [0, 0.05) is 6.07 Å². The van der Waals surface area contributed by atoms with Gasteiger partial charge in [0.25, 0.3) is 5.91 Å². The molecule has 1 amide bonds. The zero-order valence-electron chi connectivity index (χ0n) is 10.9. The molecule has 0 spiro atoms. The molecule has 6 heteroatoms. The first-order valence-corrected chi connectivity index (χ1v) is 5.95. The fourth-order valence-corrected chi connectivity index (χ4v) is 1.35. The van der Waals surface area contributed by atoms with E-state index >= 15 is 0 Å². The van der Waals surface area contributed by atoms with Crippen molar-refractivity contribution >= 4 is 11.7 Å². The van der Waals surface area contributed by atoms with Gasteiger partial charge in [-0.05, 0) is 6.92 Å². The van der Waals surface area contributed by atoms with Crippen LogP contribution in [0.15, 0.2) is 59.0 Å². The van der Waals surface area contributed by atoms with Crippen LogP contribution in [0.5, 0.6) is 0 Å². The second kappa shape index (κ2) is 6.98. The number of anilines is 1. The van der Waals surface area contributed by atoms with Crippen LogP contribution >= 0.6 is 0 Å². The van der Waals surface area contributed by atoms with Crippen LogP contribution in [0.2, 0.25) is 0 Å². The molecule has 0 aliphatic carbocycles. The number of aryl methyl sites for hydroxylation is 1. The van der Waals surface area contributed by atoms with Crippen molar-refractivity contribution in [1.82, 2.24) is 5.16 Å². The summed E-state index contributed by atoms with van der Waals surface area (Å²) in [6, 6.07) is 13.6. The summed E-state index contributed by atoms with van der Waals surface area (Å²) in [7, 11) is 0. The average molecular weight is 274 g/mol. The highest BCUT2D eigenvalue weighted by molar-refractivity contribution is 6.01. The van der Waals surface area contributed by atoms with Gasteiger partial charge in [0.05, 0.1) is 0 Å². The fourth-order valence-electron chi connectivity index (χ4n) is 1.35. The van der Waals surface area contributed by atoms with Crippen molar-refractivity contribution in [1.29, 1.82) is 0 Å². The molecule has 104 valence electrons. The summed E-state index contributed by atoms with van der Waals surface area (Å²) in [5.74, 6) is 0.697. The second-order valence-electron chi connectivity index (χ2n) is 3.84. The first-order chi connectivity index (χ1) is 9.75. The third kappa shape index (κ3) is 4.16. The van der Waals surface area contributed by atoms with E-state index in [0.717, 1.165) is 0 Å². The van der Waals surface area contributed by atoms with E-state index in [9.17, 15) is 4.79 Å². The average Bonchev–Trinajstić information content (AvgIpc) is 3.13. The Morgan fingerprint density at radius 1 is 1.20 bits per heavy atom. The minimum Gasteiger partial charge on any atom is -0.461 e. The lowest BCUT2D eigenvalue weighted by Gasteiger charge is -1.99. The fraction of sp³-hybridized carbons (Fsp3) is 0.143. The van der Waals surface area contributed by atoms with Gasteiger partial charge in [-0.3, -0.25) is 4.79 Å². The molecule has 20 heavy (non-hydrogen) atoms. The quantitative estimate of drug-likeness (QED) is 0.910. The lowest BCUT2D eigenvalue weighted by molar-refractivity contribution is -0.116. The van der Waals surface area contributed by atoms with Crippen molar-refractivity contribution in [3.8, 4) is 0 Å². The monoisotopic (exact) mass is 274 g/mol. The molecule has 1 aromatic carbocycles. The van der Waals surface area contributed by atoms with E-state index in [1.54, 1.807) is 13.0 Å². The number of amides is 1. The Balaban J connectivity index is 0.000000205. The first-order valence-electron chi connectivity index (χ1n) is 5.95. The van der Waals surface area contributed by atoms with Gasteiger partial charge in [-0.15, -0.1) is 0 Å². The maximum Gasteiger partial charge on any atom is 0.295 e. The number of hydrogen-bond donors (Lipinski definition) is 1. The number of nitrogens with one attached hydrogen (secondary N) is 1. The zero-order chi connectivity index (χ0) is 14.2. The molecule has 0 radical (unpaired) electrons. The van der Waals surface area contributed by atoms with Gasteiger partial charge in [-0.1, -0.05) is 41.6 Å². The summed E-state index contributed by atoms with van der Waals surface area (Å²) >= 11 is 0. The Bertz CT molecular complexity index is 551. The van der Waals surface area contributed by atoms with E-state index in [1.807, 2.05) is 36.4 Å². The van der Waals surface area contributed by atoms with Crippen molar-refractivity contribution in [2.24, 2.45) is 0 Å². The molecule has 0 unspecified atom stereocenters. The predicted molar refractivity (Wildman–Crippen MR) is 71.4 cm³/mol. The van der Waals surface area contributed by atoms with E-state index in [-0.39, 0.29) is 12.6 Å². The van der Waals surface area contributed by atoms with Crippen LogP contribution in [-0.2, 0) is 14.3 Å². The Hall–Kier alpha value is -2.76. The van der Waals surface area contributed by atoms with Crippen LogP contribution in [0.4, 0.5) is 5.82 Å². The summed E-state index contributed by atoms with van der Waals surface area (Å²) in [5, 5.41) is 6.08. The number of carbonyl (C=O) groups excluding carboxylic acids is 1. The second-order valence-corrected chi connectivity index (χ2v) is 3.84. The van der Waals surface area contributed by atoms with Gasteiger partial charge in [0.1, 0.15) is 12.0 Å². The number of rotatable bonds is 2. The number of nitrogens with zero attached hydrogens (tertiary/aromatic N) is 1. The highest BCUT2D eigenvalue weighted by atomic mass is 16.7. The molecule has 0 saturated heterocycles. The topological polar surface area (TPSA) is 73.6 Å². The summed E-state index contributed by atoms with van der Waals surface area (Å²) in [6.45, 7) is 1.80. The number of aromatic nitrogens is 1. The van der Waals surface area contributed by atoms with E-state index in [0.29, 0.717) is 11.6 Å². The van der Waals surface area contributed by atoms with Gasteiger partial charge in [0.2, 0.25) is 12.6 Å². The molecular weight excluding hydrogens is 260 g/mol. The SMILES string of the molecule is Cc1cc(NC(=O)C2=COCO2)no1.c1ccccc1. The molecule has 1 N–H and O–H groups in total. The molecule has 0 fully saturated rings. The van der Waals surface area contributed by atoms with E-state index in [4.69, 9.17) is 14.0 Å².